The van der Waals surface area contributed by atoms with Crippen molar-refractivity contribution in [3.63, 3.8) is 0 Å². The molecule has 0 aromatic rings. The van der Waals surface area contributed by atoms with Crippen molar-refractivity contribution in [3.05, 3.63) is 100 Å². The second kappa shape index (κ2) is 82.2. The van der Waals surface area contributed by atoms with E-state index >= 15 is 0 Å². The summed E-state index contributed by atoms with van der Waals surface area (Å²) in [6.07, 6.45) is 3.08. The van der Waals surface area contributed by atoms with E-state index in [1.54, 1.807) is 13.8 Å². The van der Waals surface area contributed by atoms with Gasteiger partial charge in [-0.25, -0.2) is 8.78 Å². The third kappa shape index (κ3) is 137. The summed E-state index contributed by atoms with van der Waals surface area (Å²) >= 11 is 0. The highest BCUT2D eigenvalue weighted by Gasteiger charge is 2.40. The molecule has 20 heteroatoms. The lowest BCUT2D eigenvalue weighted by Crippen LogP contribution is -2.23. The summed E-state index contributed by atoms with van der Waals surface area (Å²) in [7, 11) is 0. The Hall–Kier alpha value is -3.68. The molecule has 70 heavy (non-hydrogen) atoms. The van der Waals surface area contributed by atoms with Gasteiger partial charge in [0.15, 0.2) is 5.83 Å². The second-order valence-corrected chi connectivity index (χ2v) is 13.4. The molecule has 0 N–H and O–H groups in total. The normalized spacial score (nSPS) is 10.6. The Balaban J connectivity index is -0.0000000631. The van der Waals surface area contributed by atoms with Crippen LogP contribution in [-0.4, -0.2) is 52.6 Å². The Kier molecular flexibility index (Phi) is 109. The number of hydrogen-bond acceptors (Lipinski definition) is 4. The molecule has 0 amide bonds. The van der Waals surface area contributed by atoms with E-state index in [4.69, 9.17) is 4.74 Å². The molecule has 0 fully saturated rings. The molecule has 0 aliphatic rings. The summed E-state index contributed by atoms with van der Waals surface area (Å²) in [6, 6.07) is 0. The third-order valence-corrected chi connectivity index (χ3v) is 7.42. The predicted molar refractivity (Wildman–Crippen MR) is 260 cm³/mol. The first-order chi connectivity index (χ1) is 32.5. The van der Waals surface area contributed by atoms with Gasteiger partial charge in [0, 0.05) is 0 Å². The third-order valence-electron chi connectivity index (χ3n) is 7.42. The first kappa shape index (κ1) is 92.5. The SMILES string of the molecule is C=C(F)F.C=C(F)F.C=CCC.C=CCCC(C)CC.C=COCC.C=COCCC(C)CC.CCC(C)CCF.CCC(C)CCOC(F)(F)C(F)=C(F)F.CCF.CCOF.FCC(F)=C(F)F. The van der Waals surface area contributed by atoms with Crippen LogP contribution >= 0.6 is 0 Å². The second-order valence-electron chi connectivity index (χ2n) is 13.4. The monoisotopic (exact) mass is 1060 g/mol. The average molecular weight is 1060 g/mol. The fraction of sp³-hybridized carbons (Fsp3) is 0.680. The lowest BCUT2D eigenvalue weighted by molar-refractivity contribution is -0.224. The molecule has 426 valence electrons. The summed E-state index contributed by atoms with van der Waals surface area (Å²) in [5.41, 5.74) is 0. The molecule has 0 aliphatic carbocycles. The van der Waals surface area contributed by atoms with Crippen LogP contribution in [0.1, 0.15) is 147 Å². The van der Waals surface area contributed by atoms with Crippen molar-refractivity contribution in [3.8, 4) is 0 Å². The average Bonchev–Trinajstić information content (AvgIpc) is 3.31. The van der Waals surface area contributed by atoms with Crippen molar-refractivity contribution >= 4 is 0 Å². The highest BCUT2D eigenvalue weighted by Crippen LogP contribution is 2.30. The summed E-state index contributed by atoms with van der Waals surface area (Å²) in [5.74, 6) is -2.43. The van der Waals surface area contributed by atoms with Gasteiger partial charge in [0.1, 0.15) is 6.67 Å². The van der Waals surface area contributed by atoms with E-state index in [0.717, 1.165) is 57.2 Å². The highest BCUT2D eigenvalue weighted by atomic mass is 19.3. The minimum Gasteiger partial charge on any atom is -0.502 e. The molecular formula is C50H90F16O4. The smallest absolute Gasteiger partial charge is 0.414 e. The number of halogens is 16. The van der Waals surface area contributed by atoms with Crippen LogP contribution in [0.5, 0.6) is 0 Å². The van der Waals surface area contributed by atoms with Crippen molar-refractivity contribution in [2.24, 2.45) is 23.7 Å². The summed E-state index contributed by atoms with van der Waals surface area (Å²) < 4.78 is 189. The largest absolute Gasteiger partial charge is 0.502 e. The zero-order chi connectivity index (χ0) is 58.0. The van der Waals surface area contributed by atoms with Crippen LogP contribution in [0.25, 0.3) is 0 Å². The Bertz CT molecular complexity index is 1100. The molecule has 0 saturated heterocycles. The Morgan fingerprint density at radius 1 is 0.529 bits per heavy atom. The van der Waals surface area contributed by atoms with Crippen LogP contribution in [0.4, 0.5) is 70.4 Å². The van der Waals surface area contributed by atoms with Crippen LogP contribution < -0.4 is 0 Å². The van der Waals surface area contributed by atoms with Gasteiger partial charge in [0.05, 0.1) is 52.3 Å². The quantitative estimate of drug-likeness (QED) is 0.0442. The zero-order valence-electron chi connectivity index (χ0n) is 44.1. The summed E-state index contributed by atoms with van der Waals surface area (Å²) in [6.45, 7) is 41.2. The molecule has 0 heterocycles. The van der Waals surface area contributed by atoms with E-state index in [1.807, 2.05) is 26.0 Å². The van der Waals surface area contributed by atoms with Gasteiger partial charge in [-0.15, -0.1) is 13.2 Å². The van der Waals surface area contributed by atoms with Crippen molar-refractivity contribution in [1.29, 1.82) is 0 Å². The molecule has 0 spiro atoms. The predicted octanol–water partition coefficient (Wildman–Crippen LogP) is 21.5. The van der Waals surface area contributed by atoms with Gasteiger partial charge >= 0.3 is 18.3 Å². The topological polar surface area (TPSA) is 36.9 Å². The number of allylic oxidation sites excluding steroid dienone is 3. The van der Waals surface area contributed by atoms with Crippen LogP contribution in [0.2, 0.25) is 0 Å². The van der Waals surface area contributed by atoms with E-state index < -0.39 is 55.4 Å². The lowest BCUT2D eigenvalue weighted by atomic mass is 10.0. The molecule has 0 bridgehead atoms. The number of rotatable bonds is 23. The molecule has 4 atom stereocenters. The fourth-order valence-corrected chi connectivity index (χ4v) is 2.49. The van der Waals surface area contributed by atoms with E-state index in [-0.39, 0.29) is 32.3 Å². The summed E-state index contributed by atoms with van der Waals surface area (Å²) in [4.78, 5) is 3.04. The molecule has 0 aromatic heterocycles. The lowest BCUT2D eigenvalue weighted by Gasteiger charge is -2.15. The fourth-order valence-electron chi connectivity index (χ4n) is 2.49. The maximum absolute atomic E-state index is 12.5. The van der Waals surface area contributed by atoms with Crippen molar-refractivity contribution in [2.75, 3.05) is 46.5 Å². The van der Waals surface area contributed by atoms with Crippen molar-refractivity contribution < 1.29 is 89.5 Å². The van der Waals surface area contributed by atoms with Crippen LogP contribution in [0.15, 0.2) is 100 Å². The standard InChI is InChI=1S/C9H13F5O.C8H16O.C8H16.C6H13F.C4H8O.C4H8.C3H2F4.2C2H2F2.C2H5FO.C2H5F/c1-3-6(2)4-5-15-9(13,14)7(10)8(11)12;1-4-8(3)6-7-9-5-2;1-4-6-7-8(3)5-2;1-3-6(2)4-5-7;1-3-5-4-2;1-3-4-2;4-1-2(5)3(6)7;2*1-2(3)4;1-2-4-3;1-2-3/h6H,3-5H2,1-2H3;5,8H,2,4,6-7H2,1,3H3;4,8H,1,5-7H2,2-3H3;6H,3-5H2,1-2H3;3H,1,4H2,2H3;3H,1,4H2,2H3;1H2;2*1H2;2H2,1H3;2H2,1H3. The summed E-state index contributed by atoms with van der Waals surface area (Å²) in [5, 5.41) is 0. The minimum atomic E-state index is -4.52. The molecule has 0 rings (SSSR count). The number of ether oxygens (including phenoxy) is 3. The molecule has 0 aromatic carbocycles. The van der Waals surface area contributed by atoms with Gasteiger partial charge in [-0.1, -0.05) is 113 Å². The maximum atomic E-state index is 12.5. The van der Waals surface area contributed by atoms with Gasteiger partial charge in [-0.05, 0) is 101 Å². The Morgan fingerprint density at radius 2 is 0.857 bits per heavy atom. The van der Waals surface area contributed by atoms with E-state index in [2.05, 4.69) is 102 Å². The molecule has 4 unspecified atom stereocenters. The van der Waals surface area contributed by atoms with Gasteiger partial charge < -0.3 is 14.2 Å². The van der Waals surface area contributed by atoms with Gasteiger partial charge in [0.2, 0.25) is 0 Å². The Morgan fingerprint density at radius 3 is 1.04 bits per heavy atom. The molecule has 0 aliphatic heterocycles. The van der Waals surface area contributed by atoms with Gasteiger partial charge in [-0.2, -0.15) is 53.2 Å². The van der Waals surface area contributed by atoms with Crippen LogP contribution in [0.3, 0.4) is 0 Å². The highest BCUT2D eigenvalue weighted by molar-refractivity contribution is 4.99. The first-order valence-corrected chi connectivity index (χ1v) is 22.5. The molecular weight excluding hydrogens is 969 g/mol. The van der Waals surface area contributed by atoms with Crippen LogP contribution in [-0.2, 0) is 19.2 Å². The van der Waals surface area contributed by atoms with Gasteiger partial charge in [0.25, 0.3) is 18.0 Å². The first-order valence-electron chi connectivity index (χ1n) is 22.5. The van der Waals surface area contributed by atoms with E-state index in [0.29, 0.717) is 5.92 Å². The Labute approximate surface area is 412 Å². The number of hydrogen-bond donors (Lipinski definition) is 0. The van der Waals surface area contributed by atoms with Gasteiger partial charge in [-0.3, -0.25) is 8.78 Å². The zero-order valence-corrected chi connectivity index (χ0v) is 44.1. The van der Waals surface area contributed by atoms with Crippen molar-refractivity contribution in [1.82, 2.24) is 0 Å². The molecule has 0 saturated carbocycles. The molecule has 4 nitrogen and oxygen atoms in total. The van der Waals surface area contributed by atoms with E-state index in [9.17, 15) is 70.4 Å². The van der Waals surface area contributed by atoms with Crippen molar-refractivity contribution in [2.45, 2.75) is 153 Å². The van der Waals surface area contributed by atoms with E-state index in [1.165, 1.54) is 45.1 Å². The maximum Gasteiger partial charge on any atom is 0.414 e. The van der Waals surface area contributed by atoms with Crippen LogP contribution in [0, 0.1) is 23.7 Å². The molecule has 0 radical (unpaired) electrons. The number of alkyl halides is 5. The minimum absolute atomic E-state index is 0.128.